The van der Waals surface area contributed by atoms with Gasteiger partial charge in [0.15, 0.2) is 23.0 Å². The summed E-state index contributed by atoms with van der Waals surface area (Å²) in [4.78, 5) is 12.5. The van der Waals surface area contributed by atoms with Crippen LogP contribution in [0.4, 0.5) is 5.69 Å². The van der Waals surface area contributed by atoms with Gasteiger partial charge in [0.05, 0.1) is 48.6 Å². The summed E-state index contributed by atoms with van der Waals surface area (Å²) in [5, 5.41) is 3.15. The van der Waals surface area contributed by atoms with Crippen molar-refractivity contribution in [3.63, 3.8) is 0 Å². The molecule has 1 amide bonds. The Morgan fingerprint density at radius 3 is 1.85 bits per heavy atom. The number of methoxy groups -OCH3 is 4. The first-order valence-corrected chi connectivity index (χ1v) is 15.5. The first-order chi connectivity index (χ1) is 19.9. The van der Waals surface area contributed by atoms with Crippen LogP contribution in [0, 0.1) is 0 Å². The third-order valence-corrected chi connectivity index (χ3v) is 7.99. The fraction of sp³-hybridized carbons (Fsp3) is 0.618. The van der Waals surface area contributed by atoms with Crippen molar-refractivity contribution in [3.8, 4) is 23.0 Å². The fourth-order valence-electron chi connectivity index (χ4n) is 5.28. The van der Waals surface area contributed by atoms with Gasteiger partial charge in [-0.3, -0.25) is 9.28 Å². The molecule has 7 heteroatoms. The summed E-state index contributed by atoms with van der Waals surface area (Å²) in [6, 6.07) is 12.2. The third-order valence-electron chi connectivity index (χ3n) is 7.99. The van der Waals surface area contributed by atoms with Crippen LogP contribution in [0.3, 0.4) is 0 Å². The van der Waals surface area contributed by atoms with Crippen molar-refractivity contribution in [2.45, 2.75) is 84.0 Å². The average Bonchev–Trinajstić information content (AvgIpc) is 3.00. The van der Waals surface area contributed by atoms with Crippen LogP contribution in [0.25, 0.3) is 0 Å². The van der Waals surface area contributed by atoms with Crippen molar-refractivity contribution < 1.29 is 23.7 Å². The second kappa shape index (κ2) is 19.2. The van der Waals surface area contributed by atoms with E-state index in [4.69, 9.17) is 18.9 Å². The highest BCUT2D eigenvalue weighted by Gasteiger charge is 2.26. The number of nitrogens with one attached hydrogen (secondary N) is 1. The molecule has 41 heavy (non-hydrogen) atoms. The lowest BCUT2D eigenvalue weighted by Gasteiger charge is -2.35. The predicted octanol–water partition coefficient (Wildman–Crippen LogP) is 7.33. The van der Waals surface area contributed by atoms with Crippen molar-refractivity contribution in [1.29, 1.82) is 0 Å². The number of hydrogen-bond donors (Lipinski definition) is 1. The maximum atomic E-state index is 12.5. The van der Waals surface area contributed by atoms with Crippen molar-refractivity contribution in [1.82, 2.24) is 9.80 Å². The molecule has 0 bridgehead atoms. The van der Waals surface area contributed by atoms with Crippen molar-refractivity contribution in [2.24, 2.45) is 0 Å². The zero-order valence-electron chi connectivity index (χ0n) is 26.6. The zero-order valence-corrected chi connectivity index (χ0v) is 26.6. The van der Waals surface area contributed by atoms with E-state index in [1.54, 1.807) is 28.4 Å². The molecule has 0 radical (unpaired) electrons. The second-order valence-electron chi connectivity index (χ2n) is 11.1. The normalized spacial score (nSPS) is 12.4. The van der Waals surface area contributed by atoms with Crippen LogP contribution >= 0.6 is 0 Å². The fourth-order valence-corrected chi connectivity index (χ4v) is 5.28. The minimum absolute atomic E-state index is 0.165. The lowest BCUT2D eigenvalue weighted by molar-refractivity contribution is -0.121. The van der Waals surface area contributed by atoms with Crippen LogP contribution < -0.4 is 28.7 Å². The van der Waals surface area contributed by atoms with E-state index in [-0.39, 0.29) is 5.91 Å². The van der Waals surface area contributed by atoms with Crippen LogP contribution in [-0.4, -0.2) is 61.0 Å². The molecular weight excluding hydrogens is 516 g/mol. The lowest BCUT2D eigenvalue weighted by Crippen LogP contribution is -2.48. The van der Waals surface area contributed by atoms with Gasteiger partial charge in [0.2, 0.25) is 5.91 Å². The molecule has 2 aromatic carbocycles. The van der Waals surface area contributed by atoms with E-state index >= 15 is 0 Å². The van der Waals surface area contributed by atoms with Gasteiger partial charge in [-0.2, -0.15) is 0 Å². The molecule has 0 saturated heterocycles. The molecule has 0 spiro atoms. The van der Waals surface area contributed by atoms with Crippen LogP contribution in [0.15, 0.2) is 36.4 Å². The minimum atomic E-state index is 0.165. The smallest absolute Gasteiger partial charge is 0.219 e. The van der Waals surface area contributed by atoms with Crippen LogP contribution in [-0.2, 0) is 11.2 Å². The number of nitrogens with zero attached hydrogens (tertiary/aromatic N) is 1. The van der Waals surface area contributed by atoms with Crippen LogP contribution in [0.1, 0.15) is 83.1 Å². The standard InChI is InChI=1S/C34H54N2O5/c1-7-8-9-10-11-12-13-14-15-17-34(37)35-23-16-24-36(2,29-19-21-31(39-4)33(27-29)41-6)25-22-28-18-20-30(38-3)32(26-28)40-5/h18-21,26-27H,7-17,22-25H2,1-6H3/p+1. The number of ether oxygens (including phenoxy) is 4. The average molecular weight is 572 g/mol. The maximum absolute atomic E-state index is 12.5. The summed E-state index contributed by atoms with van der Waals surface area (Å²) in [6.45, 7) is 4.68. The van der Waals surface area contributed by atoms with Gasteiger partial charge < -0.3 is 24.3 Å². The number of benzene rings is 2. The first kappa shape index (κ1) is 34.3. The van der Waals surface area contributed by atoms with Crippen LogP contribution in [0.2, 0.25) is 0 Å². The Hall–Kier alpha value is -2.93. The van der Waals surface area contributed by atoms with E-state index in [1.165, 1.54) is 50.5 Å². The molecule has 0 aliphatic carbocycles. The van der Waals surface area contributed by atoms with Crippen LogP contribution in [0.5, 0.6) is 23.0 Å². The molecule has 1 unspecified atom stereocenters. The highest BCUT2D eigenvalue weighted by molar-refractivity contribution is 5.75. The Morgan fingerprint density at radius 2 is 1.24 bits per heavy atom. The van der Waals surface area contributed by atoms with Gasteiger partial charge in [-0.25, -0.2) is 0 Å². The summed E-state index contributed by atoms with van der Waals surface area (Å²) >= 11 is 0. The number of rotatable bonds is 22. The number of carbonyl (C=O) groups excluding carboxylic acids is 1. The number of hydrogen-bond acceptors (Lipinski definition) is 5. The molecular formula is C34H55N2O5+. The monoisotopic (exact) mass is 571 g/mol. The van der Waals surface area contributed by atoms with E-state index in [0.29, 0.717) is 23.2 Å². The number of unbranched alkanes of at least 4 members (excludes halogenated alkanes) is 8. The van der Waals surface area contributed by atoms with E-state index in [0.717, 1.165) is 61.7 Å². The minimum Gasteiger partial charge on any atom is -0.493 e. The van der Waals surface area contributed by atoms with Gasteiger partial charge in [-0.1, -0.05) is 64.4 Å². The number of carbonyl (C=O) groups is 1. The molecule has 0 fully saturated rings. The summed E-state index contributed by atoms with van der Waals surface area (Å²) in [5.41, 5.74) is 2.32. The topological polar surface area (TPSA) is 66.0 Å². The Kier molecular flexibility index (Phi) is 16.1. The first-order valence-electron chi connectivity index (χ1n) is 15.5. The van der Waals surface area contributed by atoms with E-state index in [1.807, 2.05) is 18.2 Å². The highest BCUT2D eigenvalue weighted by atomic mass is 16.5. The van der Waals surface area contributed by atoms with Gasteiger partial charge in [0.25, 0.3) is 0 Å². The molecule has 0 aromatic heterocycles. The van der Waals surface area contributed by atoms with Crippen molar-refractivity contribution in [3.05, 3.63) is 42.0 Å². The number of amides is 1. The Morgan fingerprint density at radius 1 is 0.683 bits per heavy atom. The molecule has 0 heterocycles. The molecule has 0 aliphatic rings. The lowest BCUT2D eigenvalue weighted by atomic mass is 10.1. The predicted molar refractivity (Wildman–Crippen MR) is 170 cm³/mol. The van der Waals surface area contributed by atoms with Crippen molar-refractivity contribution >= 4 is 11.6 Å². The van der Waals surface area contributed by atoms with E-state index < -0.39 is 0 Å². The van der Waals surface area contributed by atoms with E-state index in [9.17, 15) is 4.79 Å². The Bertz CT molecular complexity index is 1030. The molecule has 2 aromatic rings. The summed E-state index contributed by atoms with van der Waals surface area (Å²) < 4.78 is 22.7. The molecule has 230 valence electrons. The summed E-state index contributed by atoms with van der Waals surface area (Å²) in [7, 11) is 8.87. The van der Waals surface area contributed by atoms with E-state index in [2.05, 4.69) is 37.5 Å². The second-order valence-corrected chi connectivity index (χ2v) is 11.1. The molecule has 2 rings (SSSR count). The van der Waals surface area contributed by atoms with Crippen molar-refractivity contribution in [2.75, 3.05) is 55.1 Å². The van der Waals surface area contributed by atoms with Gasteiger partial charge in [-0.15, -0.1) is 0 Å². The third kappa shape index (κ3) is 11.8. The highest BCUT2D eigenvalue weighted by Crippen LogP contribution is 2.34. The largest absolute Gasteiger partial charge is 0.493 e. The van der Waals surface area contributed by atoms with Gasteiger partial charge in [0.1, 0.15) is 5.69 Å². The summed E-state index contributed by atoms with van der Waals surface area (Å²) in [6.07, 6.45) is 13.7. The van der Waals surface area contributed by atoms with Gasteiger partial charge >= 0.3 is 0 Å². The molecule has 1 N–H and O–H groups in total. The Balaban J connectivity index is 1.92. The summed E-state index contributed by atoms with van der Waals surface area (Å²) in [5.74, 6) is 3.06. The SMILES string of the molecule is CCCCCCCCCCCC(=O)NCCC[N+](C)(CCc1ccc(OC)c(OC)c1)c1ccc(OC)c(OC)c1. The number of likely N-dealkylation sites (N-methyl/N-ethyl adjacent to an activating group) is 1. The number of quaternary nitrogens is 1. The zero-order chi connectivity index (χ0) is 29.9. The molecule has 0 saturated carbocycles. The molecule has 0 aliphatic heterocycles. The van der Waals surface area contributed by atoms with Gasteiger partial charge in [-0.05, 0) is 30.2 Å². The quantitative estimate of drug-likeness (QED) is 0.118. The molecule has 7 nitrogen and oxygen atoms in total. The Labute approximate surface area is 249 Å². The maximum Gasteiger partial charge on any atom is 0.219 e. The molecule has 1 atom stereocenters. The van der Waals surface area contributed by atoms with Gasteiger partial charge in [0, 0.05) is 37.9 Å².